The molecule has 1 N–H and O–H groups in total. The first kappa shape index (κ1) is 12.2. The maximum Gasteiger partial charge on any atom is 0.252 e. The minimum Gasteiger partial charge on any atom is -0.346 e. The SMILES string of the molecule is C=CC(C)NC(=O)c1cccc(C)c1I. The predicted octanol–water partition coefficient (Wildman–Crippen LogP) is 2.90. The molecule has 2 nitrogen and oxygen atoms in total. The van der Waals surface area contributed by atoms with Crippen molar-refractivity contribution in [1.29, 1.82) is 0 Å². The van der Waals surface area contributed by atoms with Gasteiger partial charge in [-0.3, -0.25) is 4.79 Å². The van der Waals surface area contributed by atoms with Crippen LogP contribution in [-0.4, -0.2) is 11.9 Å². The Hall–Kier alpha value is -0.840. The Morgan fingerprint density at radius 3 is 2.87 bits per heavy atom. The predicted molar refractivity (Wildman–Crippen MR) is 71.0 cm³/mol. The largest absolute Gasteiger partial charge is 0.346 e. The van der Waals surface area contributed by atoms with Crippen molar-refractivity contribution in [3.63, 3.8) is 0 Å². The lowest BCUT2D eigenvalue weighted by Crippen LogP contribution is -2.31. The average Bonchev–Trinajstić information content (AvgIpc) is 2.21. The fourth-order valence-corrected chi connectivity index (χ4v) is 1.77. The lowest BCUT2D eigenvalue weighted by Gasteiger charge is -2.11. The normalized spacial score (nSPS) is 11.9. The molecule has 0 aromatic heterocycles. The number of carbonyl (C=O) groups is 1. The van der Waals surface area contributed by atoms with E-state index in [0.29, 0.717) is 0 Å². The third kappa shape index (κ3) is 3.06. The molecule has 0 aliphatic heterocycles. The smallest absolute Gasteiger partial charge is 0.252 e. The zero-order valence-corrected chi connectivity index (χ0v) is 11.0. The Morgan fingerprint density at radius 1 is 1.60 bits per heavy atom. The van der Waals surface area contributed by atoms with Crippen LogP contribution in [0, 0.1) is 10.5 Å². The van der Waals surface area contributed by atoms with Crippen LogP contribution in [0.4, 0.5) is 0 Å². The number of rotatable bonds is 3. The average molecular weight is 315 g/mol. The summed E-state index contributed by atoms with van der Waals surface area (Å²) >= 11 is 2.19. The molecule has 0 saturated carbocycles. The fourth-order valence-electron chi connectivity index (χ4n) is 1.17. The topological polar surface area (TPSA) is 29.1 Å². The molecule has 1 unspecified atom stereocenters. The van der Waals surface area contributed by atoms with Gasteiger partial charge in [-0.15, -0.1) is 6.58 Å². The van der Waals surface area contributed by atoms with Crippen LogP contribution in [0.25, 0.3) is 0 Å². The quantitative estimate of drug-likeness (QED) is 0.674. The van der Waals surface area contributed by atoms with E-state index in [1.165, 1.54) is 0 Å². The second kappa shape index (κ2) is 5.30. The van der Waals surface area contributed by atoms with Crippen LogP contribution in [0.5, 0.6) is 0 Å². The van der Waals surface area contributed by atoms with Gasteiger partial charge in [0.15, 0.2) is 0 Å². The Morgan fingerprint density at radius 2 is 2.27 bits per heavy atom. The van der Waals surface area contributed by atoms with Gasteiger partial charge in [-0.05, 0) is 48.1 Å². The van der Waals surface area contributed by atoms with Gasteiger partial charge in [0.05, 0.1) is 5.56 Å². The summed E-state index contributed by atoms with van der Waals surface area (Å²) < 4.78 is 1.00. The maximum absolute atomic E-state index is 11.8. The van der Waals surface area contributed by atoms with E-state index in [-0.39, 0.29) is 11.9 Å². The van der Waals surface area contributed by atoms with Gasteiger partial charge in [0.2, 0.25) is 0 Å². The molecule has 1 aromatic rings. The first-order valence-electron chi connectivity index (χ1n) is 4.74. The fraction of sp³-hybridized carbons (Fsp3) is 0.250. The van der Waals surface area contributed by atoms with E-state index < -0.39 is 0 Å². The lowest BCUT2D eigenvalue weighted by molar-refractivity contribution is 0.0946. The van der Waals surface area contributed by atoms with Gasteiger partial charge in [0.25, 0.3) is 5.91 Å². The van der Waals surface area contributed by atoms with Gasteiger partial charge >= 0.3 is 0 Å². The summed E-state index contributed by atoms with van der Waals surface area (Å²) in [6.07, 6.45) is 1.71. The minimum absolute atomic E-state index is 0.00573. The van der Waals surface area contributed by atoms with Gasteiger partial charge in [0, 0.05) is 9.61 Å². The van der Waals surface area contributed by atoms with Gasteiger partial charge in [-0.25, -0.2) is 0 Å². The molecule has 0 radical (unpaired) electrons. The van der Waals surface area contributed by atoms with E-state index in [2.05, 4.69) is 34.5 Å². The molecule has 0 aliphatic rings. The number of nitrogens with one attached hydrogen (secondary N) is 1. The zero-order chi connectivity index (χ0) is 11.4. The number of hydrogen-bond acceptors (Lipinski definition) is 1. The second-order valence-corrected chi connectivity index (χ2v) is 4.51. The highest BCUT2D eigenvalue weighted by Gasteiger charge is 2.11. The van der Waals surface area contributed by atoms with E-state index in [1.54, 1.807) is 6.08 Å². The third-order valence-corrected chi connectivity index (χ3v) is 3.58. The van der Waals surface area contributed by atoms with Gasteiger partial charge in [-0.2, -0.15) is 0 Å². The molecule has 80 valence electrons. The summed E-state index contributed by atoms with van der Waals surface area (Å²) in [4.78, 5) is 11.8. The van der Waals surface area contributed by atoms with Crippen molar-refractivity contribution >= 4 is 28.5 Å². The zero-order valence-electron chi connectivity index (χ0n) is 8.88. The third-order valence-electron chi connectivity index (χ3n) is 2.15. The first-order chi connectivity index (χ1) is 7.06. The Labute approximate surface area is 104 Å². The molecule has 1 aromatic carbocycles. The van der Waals surface area contributed by atoms with E-state index in [0.717, 1.165) is 14.7 Å². The van der Waals surface area contributed by atoms with Crippen LogP contribution in [0.2, 0.25) is 0 Å². The van der Waals surface area contributed by atoms with Crippen LogP contribution >= 0.6 is 22.6 Å². The van der Waals surface area contributed by atoms with Crippen LogP contribution in [0.3, 0.4) is 0 Å². The van der Waals surface area contributed by atoms with E-state index in [1.807, 2.05) is 32.0 Å². The molecule has 0 bridgehead atoms. The number of hydrogen-bond donors (Lipinski definition) is 1. The Bertz CT molecular complexity index is 387. The maximum atomic E-state index is 11.8. The van der Waals surface area contributed by atoms with E-state index in [9.17, 15) is 4.79 Å². The molecule has 0 heterocycles. The molecular formula is C12H14INO. The molecule has 15 heavy (non-hydrogen) atoms. The Balaban J connectivity index is 2.91. The number of benzene rings is 1. The van der Waals surface area contributed by atoms with Crippen LogP contribution in [0.15, 0.2) is 30.9 Å². The molecule has 0 spiro atoms. The van der Waals surface area contributed by atoms with Crippen molar-refractivity contribution in [2.24, 2.45) is 0 Å². The second-order valence-electron chi connectivity index (χ2n) is 3.43. The summed E-state index contributed by atoms with van der Waals surface area (Å²) in [6, 6.07) is 5.72. The Kier molecular flexibility index (Phi) is 4.32. The van der Waals surface area contributed by atoms with Crippen LogP contribution < -0.4 is 5.32 Å². The summed E-state index contributed by atoms with van der Waals surface area (Å²) in [6.45, 7) is 7.52. The van der Waals surface area contributed by atoms with Crippen molar-refractivity contribution < 1.29 is 4.79 Å². The van der Waals surface area contributed by atoms with Crippen LogP contribution in [0.1, 0.15) is 22.8 Å². The monoisotopic (exact) mass is 315 g/mol. The molecule has 3 heteroatoms. The highest BCUT2D eigenvalue weighted by atomic mass is 127. The highest BCUT2D eigenvalue weighted by Crippen LogP contribution is 2.16. The summed E-state index contributed by atoms with van der Waals surface area (Å²) in [5, 5.41) is 2.85. The van der Waals surface area contributed by atoms with Gasteiger partial charge < -0.3 is 5.32 Å². The van der Waals surface area contributed by atoms with E-state index >= 15 is 0 Å². The van der Waals surface area contributed by atoms with Crippen molar-refractivity contribution in [2.75, 3.05) is 0 Å². The number of carbonyl (C=O) groups excluding carboxylic acids is 1. The first-order valence-corrected chi connectivity index (χ1v) is 5.82. The molecule has 0 saturated heterocycles. The van der Waals surface area contributed by atoms with Gasteiger partial charge in [0.1, 0.15) is 0 Å². The standard InChI is InChI=1S/C12H14INO/c1-4-9(3)14-12(15)10-7-5-6-8(2)11(10)13/h4-7,9H,1H2,2-3H3,(H,14,15). The van der Waals surface area contributed by atoms with Gasteiger partial charge in [-0.1, -0.05) is 18.2 Å². The van der Waals surface area contributed by atoms with E-state index in [4.69, 9.17) is 0 Å². The number of halogens is 1. The lowest BCUT2D eigenvalue weighted by atomic mass is 10.1. The molecule has 1 atom stereocenters. The minimum atomic E-state index is -0.0458. The van der Waals surface area contributed by atoms with Crippen molar-refractivity contribution in [3.05, 3.63) is 45.6 Å². The summed E-state index contributed by atoms with van der Waals surface area (Å²) in [5.41, 5.74) is 1.85. The number of amides is 1. The van der Waals surface area contributed by atoms with Crippen LogP contribution in [-0.2, 0) is 0 Å². The van der Waals surface area contributed by atoms with Crippen molar-refractivity contribution in [3.8, 4) is 0 Å². The molecule has 1 amide bonds. The molecular weight excluding hydrogens is 301 g/mol. The number of aryl methyl sites for hydroxylation is 1. The molecule has 0 fully saturated rings. The highest BCUT2D eigenvalue weighted by molar-refractivity contribution is 14.1. The summed E-state index contributed by atoms with van der Waals surface area (Å²) in [7, 11) is 0. The van der Waals surface area contributed by atoms with Crippen molar-refractivity contribution in [2.45, 2.75) is 19.9 Å². The van der Waals surface area contributed by atoms with Crippen molar-refractivity contribution in [1.82, 2.24) is 5.32 Å². The summed E-state index contributed by atoms with van der Waals surface area (Å²) in [5.74, 6) is -0.0458. The molecule has 0 aliphatic carbocycles. The molecule has 1 rings (SSSR count).